The van der Waals surface area contributed by atoms with Gasteiger partial charge in [0.25, 0.3) is 0 Å². The molecule has 0 aliphatic carbocycles. The predicted molar refractivity (Wildman–Crippen MR) is 118 cm³/mol. The number of allylic oxidation sites excluding steroid dienone is 1. The van der Waals surface area contributed by atoms with E-state index in [-0.39, 0.29) is 28.6 Å². The largest absolute Gasteiger partial charge is 0.508 e. The third kappa shape index (κ3) is 3.06. The highest BCUT2D eigenvalue weighted by atomic mass is 79.9. The molecule has 5 rings (SSSR count). The van der Waals surface area contributed by atoms with Crippen LogP contribution in [0.5, 0.6) is 17.2 Å². The molecule has 0 spiro atoms. The number of hydrogen-bond acceptors (Lipinski definition) is 4. The van der Waals surface area contributed by atoms with Gasteiger partial charge in [0.15, 0.2) is 5.76 Å². The molecular weight excluding hydrogens is 446 g/mol. The van der Waals surface area contributed by atoms with Crippen molar-refractivity contribution in [2.24, 2.45) is 0 Å². The normalized spacial score (nSPS) is 14.3. The molecule has 1 aliphatic heterocycles. The molecule has 2 heterocycles. The first-order valence-electron chi connectivity index (χ1n) is 9.33. The van der Waals surface area contributed by atoms with Gasteiger partial charge in [0, 0.05) is 45.8 Å². The SMILES string of the molecule is O=C1/C(=C/c2cn(Cc3ccccc3Br)c3ccccc23)Oc2cc(O)cc(O)c21. The van der Waals surface area contributed by atoms with Crippen LogP contribution in [0, 0.1) is 0 Å². The lowest BCUT2D eigenvalue weighted by atomic mass is 10.1. The van der Waals surface area contributed by atoms with Gasteiger partial charge in [-0.3, -0.25) is 4.79 Å². The number of ether oxygens (including phenoxy) is 1. The number of rotatable bonds is 3. The number of aromatic hydroxyl groups is 2. The molecule has 0 unspecified atom stereocenters. The van der Waals surface area contributed by atoms with Crippen molar-refractivity contribution >= 4 is 38.7 Å². The smallest absolute Gasteiger partial charge is 0.235 e. The van der Waals surface area contributed by atoms with Crippen LogP contribution in [-0.4, -0.2) is 20.6 Å². The van der Waals surface area contributed by atoms with Crippen LogP contribution in [-0.2, 0) is 6.54 Å². The second-order valence-corrected chi connectivity index (χ2v) is 7.95. The number of para-hydroxylation sites is 1. The Morgan fingerprint density at radius 1 is 1.03 bits per heavy atom. The van der Waals surface area contributed by atoms with Crippen molar-refractivity contribution in [3.63, 3.8) is 0 Å². The number of carbonyl (C=O) groups excluding carboxylic acids is 1. The van der Waals surface area contributed by atoms with E-state index in [9.17, 15) is 15.0 Å². The maximum Gasteiger partial charge on any atom is 0.235 e. The molecule has 0 radical (unpaired) electrons. The lowest BCUT2D eigenvalue weighted by Crippen LogP contribution is -1.99. The summed E-state index contributed by atoms with van der Waals surface area (Å²) in [7, 11) is 0. The minimum absolute atomic E-state index is 0.0657. The van der Waals surface area contributed by atoms with Crippen LogP contribution in [0.25, 0.3) is 17.0 Å². The number of ketones is 1. The topological polar surface area (TPSA) is 71.7 Å². The monoisotopic (exact) mass is 461 g/mol. The third-order valence-corrected chi connectivity index (χ3v) is 5.92. The zero-order valence-electron chi connectivity index (χ0n) is 15.7. The Balaban J connectivity index is 1.58. The highest BCUT2D eigenvalue weighted by Crippen LogP contribution is 2.41. The van der Waals surface area contributed by atoms with Crippen molar-refractivity contribution in [2.45, 2.75) is 6.54 Å². The van der Waals surface area contributed by atoms with Crippen molar-refractivity contribution in [2.75, 3.05) is 0 Å². The Labute approximate surface area is 180 Å². The van der Waals surface area contributed by atoms with Crippen LogP contribution in [0.2, 0.25) is 0 Å². The van der Waals surface area contributed by atoms with E-state index in [0.29, 0.717) is 6.54 Å². The Morgan fingerprint density at radius 2 is 1.80 bits per heavy atom. The summed E-state index contributed by atoms with van der Waals surface area (Å²) >= 11 is 3.60. The van der Waals surface area contributed by atoms with E-state index in [2.05, 4.69) is 26.6 Å². The van der Waals surface area contributed by atoms with Gasteiger partial charge in [-0.2, -0.15) is 0 Å². The molecule has 1 aliphatic rings. The van der Waals surface area contributed by atoms with E-state index in [0.717, 1.165) is 32.6 Å². The van der Waals surface area contributed by atoms with Crippen molar-refractivity contribution in [1.82, 2.24) is 4.57 Å². The van der Waals surface area contributed by atoms with Gasteiger partial charge >= 0.3 is 0 Å². The molecule has 6 heteroatoms. The minimum Gasteiger partial charge on any atom is -0.508 e. The van der Waals surface area contributed by atoms with E-state index in [1.54, 1.807) is 6.08 Å². The summed E-state index contributed by atoms with van der Waals surface area (Å²) in [5, 5.41) is 20.7. The standard InChI is InChI=1S/C24H16BrNO4/c25-18-7-3-1-5-14(18)12-26-13-15(17-6-2-4-8-19(17)26)9-22-24(29)23-20(28)10-16(27)11-21(23)30-22/h1-11,13,27-28H,12H2/b22-9-. The molecule has 1 aromatic heterocycles. The van der Waals surface area contributed by atoms with Gasteiger partial charge in [-0.25, -0.2) is 0 Å². The minimum atomic E-state index is -0.412. The Morgan fingerprint density at radius 3 is 2.63 bits per heavy atom. The average Bonchev–Trinajstić information content (AvgIpc) is 3.22. The summed E-state index contributed by atoms with van der Waals surface area (Å²) in [6.45, 7) is 0.662. The van der Waals surface area contributed by atoms with Crippen molar-refractivity contribution in [1.29, 1.82) is 0 Å². The first-order chi connectivity index (χ1) is 14.5. The molecule has 0 atom stereocenters. The Kier molecular flexibility index (Phi) is 4.37. The fourth-order valence-electron chi connectivity index (χ4n) is 3.75. The maximum absolute atomic E-state index is 12.8. The highest BCUT2D eigenvalue weighted by molar-refractivity contribution is 9.10. The number of halogens is 1. The number of benzene rings is 3. The zero-order valence-corrected chi connectivity index (χ0v) is 17.3. The molecule has 0 fully saturated rings. The van der Waals surface area contributed by atoms with Crippen LogP contribution >= 0.6 is 15.9 Å². The molecule has 0 saturated heterocycles. The van der Waals surface area contributed by atoms with Crippen LogP contribution in [0.4, 0.5) is 0 Å². The van der Waals surface area contributed by atoms with Gasteiger partial charge in [0.05, 0.1) is 0 Å². The third-order valence-electron chi connectivity index (χ3n) is 5.14. The quantitative estimate of drug-likeness (QED) is 0.396. The number of aromatic nitrogens is 1. The predicted octanol–water partition coefficient (Wildman–Crippen LogP) is 5.48. The lowest BCUT2D eigenvalue weighted by molar-refractivity contribution is 0.101. The lowest BCUT2D eigenvalue weighted by Gasteiger charge is -2.07. The number of phenolic OH excluding ortho intramolecular Hbond substituents is 2. The van der Waals surface area contributed by atoms with Gasteiger partial charge in [-0.05, 0) is 23.8 Å². The summed E-state index contributed by atoms with van der Waals surface area (Å²) in [5.41, 5.74) is 3.07. The van der Waals surface area contributed by atoms with Crippen LogP contribution in [0.15, 0.2) is 77.1 Å². The molecule has 0 amide bonds. The van der Waals surface area contributed by atoms with E-state index in [4.69, 9.17) is 4.74 Å². The van der Waals surface area contributed by atoms with Crippen molar-refractivity contribution in [3.8, 4) is 17.2 Å². The zero-order chi connectivity index (χ0) is 20.8. The van der Waals surface area contributed by atoms with Crippen molar-refractivity contribution in [3.05, 3.63) is 93.8 Å². The highest BCUT2D eigenvalue weighted by Gasteiger charge is 2.31. The van der Waals surface area contributed by atoms with Gasteiger partial charge in [0.1, 0.15) is 22.8 Å². The van der Waals surface area contributed by atoms with Gasteiger partial charge < -0.3 is 19.5 Å². The first kappa shape index (κ1) is 18.5. The van der Waals surface area contributed by atoms with E-state index < -0.39 is 5.78 Å². The van der Waals surface area contributed by atoms with Gasteiger partial charge in [-0.15, -0.1) is 0 Å². The summed E-state index contributed by atoms with van der Waals surface area (Å²) in [6, 6.07) is 18.5. The van der Waals surface area contributed by atoms with Gasteiger partial charge in [0.2, 0.25) is 5.78 Å². The molecule has 3 aromatic carbocycles. The number of fused-ring (bicyclic) bond motifs is 2. The second-order valence-electron chi connectivity index (χ2n) is 7.10. The fraction of sp³-hybridized carbons (Fsp3) is 0.0417. The molecule has 0 saturated carbocycles. The molecule has 2 N–H and O–H groups in total. The Hall–Kier alpha value is -3.51. The number of nitrogens with zero attached hydrogens (tertiary/aromatic N) is 1. The summed E-state index contributed by atoms with van der Waals surface area (Å²) in [5.74, 6) is -0.611. The summed E-state index contributed by atoms with van der Waals surface area (Å²) in [4.78, 5) is 12.8. The Bertz CT molecular complexity index is 1350. The number of carbonyl (C=O) groups is 1. The first-order valence-corrected chi connectivity index (χ1v) is 10.1. The van der Waals surface area contributed by atoms with Crippen molar-refractivity contribution < 1.29 is 19.7 Å². The molecule has 148 valence electrons. The van der Waals surface area contributed by atoms with E-state index in [1.807, 2.05) is 48.7 Å². The number of Topliss-reactive ketones (excluding diaryl/α,β-unsaturated/α-hetero) is 1. The van der Waals surface area contributed by atoms with Crippen LogP contribution in [0.1, 0.15) is 21.5 Å². The molecule has 5 nitrogen and oxygen atoms in total. The molecule has 4 aromatic rings. The molecular formula is C24H16BrNO4. The summed E-state index contributed by atoms with van der Waals surface area (Å²) < 4.78 is 8.81. The molecule has 0 bridgehead atoms. The average molecular weight is 462 g/mol. The fourth-order valence-corrected chi connectivity index (χ4v) is 4.16. The van der Waals surface area contributed by atoms with Gasteiger partial charge in [-0.1, -0.05) is 52.3 Å². The van der Waals surface area contributed by atoms with E-state index in [1.165, 1.54) is 6.07 Å². The van der Waals surface area contributed by atoms with Crippen LogP contribution < -0.4 is 4.74 Å². The number of hydrogen-bond donors (Lipinski definition) is 2. The second kappa shape index (κ2) is 7.07. The van der Waals surface area contributed by atoms with Crippen LogP contribution in [0.3, 0.4) is 0 Å². The van der Waals surface area contributed by atoms with E-state index >= 15 is 0 Å². The molecule has 30 heavy (non-hydrogen) atoms. The maximum atomic E-state index is 12.8. The summed E-state index contributed by atoms with van der Waals surface area (Å²) in [6.07, 6.45) is 3.66. The number of phenols is 2.